The molecule has 2 aromatic carbocycles. The van der Waals surface area contributed by atoms with Crippen LogP contribution in [0.15, 0.2) is 42.5 Å². The monoisotopic (exact) mass is 322 g/mol. The molecule has 0 aromatic heterocycles. The third kappa shape index (κ3) is 3.84. The van der Waals surface area contributed by atoms with Crippen molar-refractivity contribution in [2.75, 3.05) is 0 Å². The molecule has 0 aliphatic heterocycles. The van der Waals surface area contributed by atoms with Gasteiger partial charge in [-0.2, -0.15) is 0 Å². The molecular formula is C21H22O3. The highest BCUT2D eigenvalue weighted by atomic mass is 16.3. The number of hydrogen-bond donors (Lipinski definition) is 2. The van der Waals surface area contributed by atoms with Crippen LogP contribution < -0.4 is 0 Å². The first-order valence-corrected chi connectivity index (χ1v) is 8.46. The van der Waals surface area contributed by atoms with Crippen molar-refractivity contribution >= 4 is 17.1 Å². The molecule has 1 aliphatic carbocycles. The number of aldehydes is 1. The van der Waals surface area contributed by atoms with E-state index in [4.69, 9.17) is 0 Å². The summed E-state index contributed by atoms with van der Waals surface area (Å²) in [6.07, 6.45) is 1.94. The van der Waals surface area contributed by atoms with Crippen molar-refractivity contribution in [1.82, 2.24) is 0 Å². The maximum atomic E-state index is 10.7. The molecule has 0 bridgehead atoms. The fraction of sp³-hybridized carbons (Fsp3) is 0.381. The number of rotatable bonds is 4. The van der Waals surface area contributed by atoms with E-state index in [1.807, 2.05) is 18.2 Å². The van der Waals surface area contributed by atoms with Gasteiger partial charge in [-0.25, -0.2) is 0 Å². The molecule has 4 unspecified atom stereocenters. The Morgan fingerprint density at radius 3 is 2.75 bits per heavy atom. The predicted octanol–water partition coefficient (Wildman–Crippen LogP) is 2.72. The van der Waals surface area contributed by atoms with Crippen molar-refractivity contribution in [3.8, 4) is 11.8 Å². The minimum atomic E-state index is -0.735. The van der Waals surface area contributed by atoms with Gasteiger partial charge in [-0.3, -0.25) is 0 Å². The Hall–Kier alpha value is -2.15. The Morgan fingerprint density at radius 2 is 1.96 bits per heavy atom. The van der Waals surface area contributed by atoms with Crippen LogP contribution in [0.2, 0.25) is 0 Å². The van der Waals surface area contributed by atoms with E-state index in [0.29, 0.717) is 19.3 Å². The van der Waals surface area contributed by atoms with Gasteiger partial charge in [-0.1, -0.05) is 54.3 Å². The molecule has 0 radical (unpaired) electrons. The number of aliphatic hydroxyl groups is 2. The minimum Gasteiger partial charge on any atom is -0.393 e. The summed E-state index contributed by atoms with van der Waals surface area (Å²) < 4.78 is 0. The molecule has 0 heterocycles. The molecule has 24 heavy (non-hydrogen) atoms. The maximum Gasteiger partial charge on any atom is 0.120 e. The molecule has 0 amide bonds. The van der Waals surface area contributed by atoms with E-state index in [1.54, 1.807) is 0 Å². The normalized spacial score (nSPS) is 24.3. The smallest absolute Gasteiger partial charge is 0.120 e. The highest BCUT2D eigenvalue weighted by molar-refractivity contribution is 5.83. The number of hydrogen-bond acceptors (Lipinski definition) is 3. The number of benzene rings is 2. The van der Waals surface area contributed by atoms with E-state index >= 15 is 0 Å². The summed E-state index contributed by atoms with van der Waals surface area (Å²) in [5, 5.41) is 22.4. The average molecular weight is 322 g/mol. The van der Waals surface area contributed by atoms with Crippen LogP contribution in [0.4, 0.5) is 0 Å². The van der Waals surface area contributed by atoms with Crippen molar-refractivity contribution in [3.05, 3.63) is 48.0 Å². The first kappa shape index (κ1) is 16.7. The molecule has 3 nitrogen and oxygen atoms in total. The molecule has 3 rings (SSSR count). The first-order chi connectivity index (χ1) is 11.7. The quantitative estimate of drug-likeness (QED) is 0.672. The van der Waals surface area contributed by atoms with Crippen molar-refractivity contribution in [1.29, 1.82) is 0 Å². The summed E-state index contributed by atoms with van der Waals surface area (Å²) in [6.45, 7) is 0. The molecule has 0 saturated heterocycles. The first-order valence-electron chi connectivity index (χ1n) is 8.46. The Kier molecular flexibility index (Phi) is 5.30. The maximum absolute atomic E-state index is 10.7. The summed E-state index contributed by atoms with van der Waals surface area (Å²) in [5.41, 5.74) is 1.05. The van der Waals surface area contributed by atoms with Crippen LogP contribution in [0.1, 0.15) is 24.8 Å². The molecule has 1 fully saturated rings. The van der Waals surface area contributed by atoms with E-state index in [0.717, 1.165) is 23.7 Å². The van der Waals surface area contributed by atoms with Crippen LogP contribution in [-0.4, -0.2) is 28.7 Å². The molecule has 3 heteroatoms. The van der Waals surface area contributed by atoms with Crippen LogP contribution in [0.3, 0.4) is 0 Å². The average Bonchev–Trinajstić information content (AvgIpc) is 2.94. The van der Waals surface area contributed by atoms with Crippen molar-refractivity contribution in [2.24, 2.45) is 11.8 Å². The van der Waals surface area contributed by atoms with E-state index in [-0.39, 0.29) is 11.8 Å². The van der Waals surface area contributed by atoms with Crippen LogP contribution in [0.5, 0.6) is 0 Å². The van der Waals surface area contributed by atoms with Gasteiger partial charge in [0.15, 0.2) is 0 Å². The number of carbonyl (C=O) groups is 1. The number of fused-ring (bicyclic) bond motifs is 1. The van der Waals surface area contributed by atoms with Crippen LogP contribution in [0, 0.1) is 23.7 Å². The van der Waals surface area contributed by atoms with Gasteiger partial charge in [0, 0.05) is 24.7 Å². The summed E-state index contributed by atoms with van der Waals surface area (Å²) >= 11 is 0. The van der Waals surface area contributed by atoms with E-state index < -0.39 is 12.2 Å². The van der Waals surface area contributed by atoms with Gasteiger partial charge in [0.2, 0.25) is 0 Å². The molecule has 2 aromatic rings. The highest BCUT2D eigenvalue weighted by Gasteiger charge is 2.33. The zero-order chi connectivity index (χ0) is 16.9. The van der Waals surface area contributed by atoms with Crippen LogP contribution >= 0.6 is 0 Å². The molecule has 1 saturated carbocycles. The zero-order valence-corrected chi connectivity index (χ0v) is 13.6. The van der Waals surface area contributed by atoms with E-state index in [9.17, 15) is 15.0 Å². The third-order valence-electron chi connectivity index (χ3n) is 4.83. The number of carbonyl (C=O) groups excluding carboxylic acids is 1. The lowest BCUT2D eigenvalue weighted by atomic mass is 9.92. The zero-order valence-electron chi connectivity index (χ0n) is 13.6. The van der Waals surface area contributed by atoms with Crippen molar-refractivity contribution in [3.63, 3.8) is 0 Å². The minimum absolute atomic E-state index is 0.00328. The Bertz CT molecular complexity index is 771. The van der Waals surface area contributed by atoms with Gasteiger partial charge in [-0.15, -0.1) is 0 Å². The van der Waals surface area contributed by atoms with E-state index in [2.05, 4.69) is 36.1 Å². The fourth-order valence-electron chi connectivity index (χ4n) is 3.50. The molecule has 124 valence electrons. The summed E-state index contributed by atoms with van der Waals surface area (Å²) in [6, 6.07) is 14.3. The molecular weight excluding hydrogens is 300 g/mol. The van der Waals surface area contributed by atoms with Crippen molar-refractivity contribution < 1.29 is 15.0 Å². The van der Waals surface area contributed by atoms with Gasteiger partial charge < -0.3 is 15.0 Å². The lowest BCUT2D eigenvalue weighted by molar-refractivity contribution is -0.109. The Morgan fingerprint density at radius 1 is 1.17 bits per heavy atom. The lowest BCUT2D eigenvalue weighted by Crippen LogP contribution is -2.19. The SMILES string of the molecule is O=CCC1C(O)CCC1C#CC(O)Cc1ccc2ccccc2c1. The topological polar surface area (TPSA) is 57.5 Å². The summed E-state index contributed by atoms with van der Waals surface area (Å²) in [5.74, 6) is 5.90. The van der Waals surface area contributed by atoms with Gasteiger partial charge in [0.05, 0.1) is 6.10 Å². The lowest BCUT2D eigenvalue weighted by Gasteiger charge is -2.15. The van der Waals surface area contributed by atoms with E-state index in [1.165, 1.54) is 5.39 Å². The molecule has 4 atom stereocenters. The molecule has 2 N–H and O–H groups in total. The van der Waals surface area contributed by atoms with Gasteiger partial charge in [-0.05, 0) is 29.2 Å². The van der Waals surface area contributed by atoms with Gasteiger partial charge >= 0.3 is 0 Å². The summed E-state index contributed by atoms with van der Waals surface area (Å²) in [4.78, 5) is 10.7. The largest absolute Gasteiger partial charge is 0.393 e. The van der Waals surface area contributed by atoms with Crippen molar-refractivity contribution in [2.45, 2.75) is 37.9 Å². The molecule has 1 aliphatic rings. The fourth-order valence-corrected chi connectivity index (χ4v) is 3.50. The van der Waals surface area contributed by atoms with Gasteiger partial charge in [0.1, 0.15) is 12.4 Å². The van der Waals surface area contributed by atoms with Crippen LogP contribution in [-0.2, 0) is 11.2 Å². The third-order valence-corrected chi connectivity index (χ3v) is 4.83. The van der Waals surface area contributed by atoms with Crippen LogP contribution in [0.25, 0.3) is 10.8 Å². The summed E-state index contributed by atoms with van der Waals surface area (Å²) in [7, 11) is 0. The standard InChI is InChI=1S/C21H22O3/c22-12-11-20-17(8-10-21(20)24)7-9-19(23)14-15-5-6-16-3-1-2-4-18(16)13-15/h1-6,12-13,17,19-21,23-24H,8,10-11,14H2. The Labute approximate surface area is 142 Å². The second-order valence-electron chi connectivity index (χ2n) is 6.51. The Balaban J connectivity index is 1.66. The number of aliphatic hydroxyl groups excluding tert-OH is 2. The molecule has 0 spiro atoms. The van der Waals surface area contributed by atoms with Gasteiger partial charge in [0.25, 0.3) is 0 Å². The second kappa shape index (κ2) is 7.61. The predicted molar refractivity (Wildman–Crippen MR) is 94.3 cm³/mol. The highest BCUT2D eigenvalue weighted by Crippen LogP contribution is 2.33. The second-order valence-corrected chi connectivity index (χ2v) is 6.51.